The third-order valence-corrected chi connectivity index (χ3v) is 2.86. The van der Waals surface area contributed by atoms with Crippen molar-refractivity contribution in [3.05, 3.63) is 22.7 Å². The van der Waals surface area contributed by atoms with E-state index in [2.05, 4.69) is 25.9 Å². The normalized spacial score (nSPS) is 14.9. The van der Waals surface area contributed by atoms with E-state index in [0.717, 1.165) is 23.3 Å². The van der Waals surface area contributed by atoms with Crippen LogP contribution in [0.2, 0.25) is 0 Å². The van der Waals surface area contributed by atoms with E-state index in [1.165, 1.54) is 0 Å². The molecule has 17 heavy (non-hydrogen) atoms. The highest BCUT2D eigenvalue weighted by molar-refractivity contribution is 9.10. The minimum Gasteiger partial charge on any atom is -0.391 e. The second-order valence-corrected chi connectivity index (χ2v) is 5.05. The van der Waals surface area contributed by atoms with Crippen LogP contribution in [0.3, 0.4) is 0 Å². The minimum atomic E-state index is -0.717. The second kappa shape index (κ2) is 7.00. The molecule has 2 N–H and O–H groups in total. The van der Waals surface area contributed by atoms with Gasteiger partial charge in [-0.25, -0.2) is 9.97 Å². The predicted molar refractivity (Wildman–Crippen MR) is 68.6 cm³/mol. The van der Waals surface area contributed by atoms with Gasteiger partial charge in [0.25, 0.3) is 0 Å². The van der Waals surface area contributed by atoms with Gasteiger partial charge < -0.3 is 15.1 Å². The van der Waals surface area contributed by atoms with Crippen molar-refractivity contribution >= 4 is 15.9 Å². The molecule has 1 aromatic rings. The maximum absolute atomic E-state index is 9.50. The number of hydrogen-bond acceptors (Lipinski definition) is 5. The minimum absolute atomic E-state index is 0.439. The Morgan fingerprint density at radius 3 is 2.47 bits per heavy atom. The first-order chi connectivity index (χ1) is 7.99. The number of halogens is 1. The van der Waals surface area contributed by atoms with Crippen LogP contribution >= 0.6 is 15.9 Å². The Labute approximate surface area is 110 Å². The van der Waals surface area contributed by atoms with Crippen LogP contribution in [0.15, 0.2) is 16.9 Å². The summed E-state index contributed by atoms with van der Waals surface area (Å²) in [5, 5.41) is 18.7. The number of rotatable bonds is 6. The van der Waals surface area contributed by atoms with Crippen LogP contribution in [0.1, 0.15) is 12.7 Å². The zero-order valence-electron chi connectivity index (χ0n) is 10.0. The molecule has 0 saturated carbocycles. The molecule has 0 saturated heterocycles. The summed E-state index contributed by atoms with van der Waals surface area (Å²) in [6.07, 6.45) is 2.73. The number of aromatic nitrogens is 2. The smallest absolute Gasteiger partial charge is 0.129 e. The summed E-state index contributed by atoms with van der Waals surface area (Å²) in [6.45, 7) is 2.76. The first-order valence-electron chi connectivity index (χ1n) is 5.50. The first kappa shape index (κ1) is 14.5. The third-order valence-electron chi connectivity index (χ3n) is 2.45. The highest BCUT2D eigenvalue weighted by Gasteiger charge is 2.13. The number of nitrogens with zero attached hydrogens (tertiary/aromatic N) is 3. The van der Waals surface area contributed by atoms with Gasteiger partial charge in [-0.3, -0.25) is 0 Å². The van der Waals surface area contributed by atoms with Gasteiger partial charge in [-0.2, -0.15) is 0 Å². The molecule has 2 unspecified atom stereocenters. The molecule has 0 spiro atoms. The monoisotopic (exact) mass is 303 g/mol. The first-order valence-corrected chi connectivity index (χ1v) is 6.29. The quantitative estimate of drug-likeness (QED) is 0.799. The molecule has 0 aromatic carbocycles. The molecule has 96 valence electrons. The molecule has 0 aliphatic carbocycles. The van der Waals surface area contributed by atoms with Crippen LogP contribution in [0, 0.1) is 0 Å². The Morgan fingerprint density at radius 1 is 1.35 bits per heavy atom. The fourth-order valence-corrected chi connectivity index (χ4v) is 1.53. The topological polar surface area (TPSA) is 69.5 Å². The molecule has 2 atom stereocenters. The third kappa shape index (κ3) is 5.54. The summed E-state index contributed by atoms with van der Waals surface area (Å²) in [7, 11) is 1.89. The predicted octanol–water partition coefficient (Wildman–Crippen LogP) is 0.455. The SMILES string of the molecule is CC(O)C(O)CN(C)CCc1ncc(Br)cn1. The van der Waals surface area contributed by atoms with Crippen LogP contribution < -0.4 is 0 Å². The van der Waals surface area contributed by atoms with Crippen molar-refractivity contribution in [1.29, 1.82) is 0 Å². The van der Waals surface area contributed by atoms with Crippen LogP contribution in [0.5, 0.6) is 0 Å². The van der Waals surface area contributed by atoms with Gasteiger partial charge in [0, 0.05) is 31.9 Å². The molecule has 0 aliphatic heterocycles. The summed E-state index contributed by atoms with van der Waals surface area (Å²) in [5.41, 5.74) is 0. The maximum Gasteiger partial charge on any atom is 0.129 e. The summed E-state index contributed by atoms with van der Waals surface area (Å²) >= 11 is 3.28. The molecule has 6 heteroatoms. The fourth-order valence-electron chi connectivity index (χ4n) is 1.32. The molecule has 0 aliphatic rings. The highest BCUT2D eigenvalue weighted by Crippen LogP contribution is 2.05. The van der Waals surface area contributed by atoms with Crippen molar-refractivity contribution in [2.75, 3.05) is 20.1 Å². The van der Waals surface area contributed by atoms with E-state index < -0.39 is 12.2 Å². The molecule has 0 amide bonds. The largest absolute Gasteiger partial charge is 0.391 e. The van der Waals surface area contributed by atoms with Crippen molar-refractivity contribution in [3.8, 4) is 0 Å². The van der Waals surface area contributed by atoms with Gasteiger partial charge in [0.05, 0.1) is 16.7 Å². The maximum atomic E-state index is 9.50. The molecule has 0 radical (unpaired) electrons. The van der Waals surface area contributed by atoms with Crippen molar-refractivity contribution in [2.45, 2.75) is 25.6 Å². The van der Waals surface area contributed by atoms with E-state index in [1.54, 1.807) is 19.3 Å². The van der Waals surface area contributed by atoms with E-state index in [4.69, 9.17) is 0 Å². The second-order valence-electron chi connectivity index (χ2n) is 4.14. The van der Waals surface area contributed by atoms with E-state index in [1.807, 2.05) is 11.9 Å². The fraction of sp³-hybridized carbons (Fsp3) is 0.636. The zero-order chi connectivity index (χ0) is 12.8. The van der Waals surface area contributed by atoms with E-state index in [0.29, 0.717) is 6.54 Å². The Balaban J connectivity index is 2.33. The Bertz CT molecular complexity index is 332. The number of likely N-dealkylation sites (N-methyl/N-ethyl adjacent to an activating group) is 1. The van der Waals surface area contributed by atoms with E-state index >= 15 is 0 Å². The van der Waals surface area contributed by atoms with Crippen molar-refractivity contribution in [3.63, 3.8) is 0 Å². The summed E-state index contributed by atoms with van der Waals surface area (Å²) in [5.74, 6) is 0.770. The lowest BCUT2D eigenvalue weighted by Crippen LogP contribution is -2.36. The Morgan fingerprint density at radius 2 is 1.94 bits per heavy atom. The summed E-state index contributed by atoms with van der Waals surface area (Å²) in [4.78, 5) is 10.3. The number of hydrogen-bond donors (Lipinski definition) is 2. The standard InChI is InChI=1S/C11H18BrN3O2/c1-8(16)10(17)7-15(2)4-3-11-13-5-9(12)6-14-11/h5-6,8,10,16-17H,3-4,7H2,1-2H3. The Hall–Kier alpha value is -0.560. The van der Waals surface area contributed by atoms with Gasteiger partial charge in [-0.05, 0) is 29.9 Å². The van der Waals surface area contributed by atoms with Crippen molar-refractivity contribution in [1.82, 2.24) is 14.9 Å². The highest BCUT2D eigenvalue weighted by atomic mass is 79.9. The number of aliphatic hydroxyl groups is 2. The lowest BCUT2D eigenvalue weighted by atomic mass is 10.2. The van der Waals surface area contributed by atoms with E-state index in [9.17, 15) is 10.2 Å². The summed E-state index contributed by atoms with van der Waals surface area (Å²) < 4.78 is 0.860. The van der Waals surface area contributed by atoms with Gasteiger partial charge in [0.1, 0.15) is 5.82 Å². The van der Waals surface area contributed by atoms with Gasteiger partial charge in [-0.1, -0.05) is 0 Å². The molecule has 0 fully saturated rings. The van der Waals surface area contributed by atoms with Gasteiger partial charge >= 0.3 is 0 Å². The van der Waals surface area contributed by atoms with Gasteiger partial charge in [0.15, 0.2) is 0 Å². The van der Waals surface area contributed by atoms with Crippen molar-refractivity contribution in [2.24, 2.45) is 0 Å². The zero-order valence-corrected chi connectivity index (χ0v) is 11.6. The molecular formula is C11H18BrN3O2. The van der Waals surface area contributed by atoms with Gasteiger partial charge in [-0.15, -0.1) is 0 Å². The van der Waals surface area contributed by atoms with Crippen LogP contribution in [0.25, 0.3) is 0 Å². The molecule has 1 rings (SSSR count). The van der Waals surface area contributed by atoms with Crippen molar-refractivity contribution < 1.29 is 10.2 Å². The Kier molecular flexibility index (Phi) is 5.97. The van der Waals surface area contributed by atoms with Gasteiger partial charge in [0.2, 0.25) is 0 Å². The lowest BCUT2D eigenvalue weighted by Gasteiger charge is -2.21. The molecule has 1 heterocycles. The van der Waals surface area contributed by atoms with Crippen LogP contribution in [0.4, 0.5) is 0 Å². The number of aliphatic hydroxyl groups excluding tert-OH is 2. The molecule has 1 aromatic heterocycles. The summed E-state index contributed by atoms with van der Waals surface area (Å²) in [6, 6.07) is 0. The molecule has 5 nitrogen and oxygen atoms in total. The van der Waals surface area contributed by atoms with Crippen LogP contribution in [-0.4, -0.2) is 57.4 Å². The van der Waals surface area contributed by atoms with Crippen LogP contribution in [-0.2, 0) is 6.42 Å². The molecule has 0 bridgehead atoms. The molecular weight excluding hydrogens is 286 g/mol. The average molecular weight is 304 g/mol. The average Bonchev–Trinajstić information content (AvgIpc) is 2.28. The lowest BCUT2D eigenvalue weighted by molar-refractivity contribution is 0.0124. The van der Waals surface area contributed by atoms with E-state index in [-0.39, 0.29) is 0 Å².